The Kier molecular flexibility index (Phi) is 5.95. The highest BCUT2D eigenvalue weighted by Crippen LogP contribution is 2.47. The summed E-state index contributed by atoms with van der Waals surface area (Å²) in [6, 6.07) is 7.69. The van der Waals surface area contributed by atoms with Gasteiger partial charge in [-0.05, 0) is 18.6 Å². The summed E-state index contributed by atoms with van der Waals surface area (Å²) in [4.78, 5) is 25.7. The predicted molar refractivity (Wildman–Crippen MR) is 115 cm³/mol. The molecule has 1 fully saturated rings. The van der Waals surface area contributed by atoms with Crippen molar-refractivity contribution >= 4 is 11.6 Å². The molecule has 1 aliphatic carbocycles. The van der Waals surface area contributed by atoms with Crippen molar-refractivity contribution in [3.05, 3.63) is 71.8 Å². The molecule has 1 aromatic carbocycles. The highest BCUT2D eigenvalue weighted by atomic mass is 19.3. The first kappa shape index (κ1) is 21.9. The maximum atomic E-state index is 14.6. The van der Waals surface area contributed by atoms with Crippen LogP contribution in [0.5, 0.6) is 0 Å². The number of nitrogens with zero attached hydrogens (tertiary/aromatic N) is 3. The number of nitrogens with one attached hydrogen (secondary N) is 1. The number of anilines is 1. The summed E-state index contributed by atoms with van der Waals surface area (Å²) in [6.07, 6.45) is 3.91. The third kappa shape index (κ3) is 4.49. The Labute approximate surface area is 184 Å². The third-order valence-electron chi connectivity index (χ3n) is 5.62. The summed E-state index contributed by atoms with van der Waals surface area (Å²) in [7, 11) is 0. The van der Waals surface area contributed by atoms with E-state index in [1.807, 2.05) is 13.8 Å². The number of hydrogen-bond acceptors (Lipinski definition) is 4. The molecule has 3 aromatic rings. The van der Waals surface area contributed by atoms with Crippen LogP contribution in [0.1, 0.15) is 66.8 Å². The second-order valence-corrected chi connectivity index (χ2v) is 8.33. The second-order valence-electron chi connectivity index (χ2n) is 8.33. The van der Waals surface area contributed by atoms with Crippen LogP contribution in [0, 0.1) is 5.82 Å². The number of amides is 1. The Morgan fingerprint density at radius 2 is 1.81 bits per heavy atom. The number of aromatic nitrogens is 3. The Morgan fingerprint density at radius 3 is 2.44 bits per heavy atom. The van der Waals surface area contributed by atoms with Crippen molar-refractivity contribution in [2.24, 2.45) is 0 Å². The Morgan fingerprint density at radius 1 is 1.09 bits per heavy atom. The fraction of sp³-hybridized carbons (Fsp3) is 0.333. The van der Waals surface area contributed by atoms with Crippen molar-refractivity contribution in [1.29, 1.82) is 0 Å². The van der Waals surface area contributed by atoms with Crippen molar-refractivity contribution in [2.45, 2.75) is 50.9 Å². The van der Waals surface area contributed by atoms with Gasteiger partial charge >= 0.3 is 0 Å². The zero-order valence-electron chi connectivity index (χ0n) is 17.8. The average Bonchev–Trinajstić information content (AvgIpc) is 3.14. The summed E-state index contributed by atoms with van der Waals surface area (Å²) in [5, 5.41) is 2.78. The highest BCUT2D eigenvalue weighted by molar-refractivity contribution is 6.06. The van der Waals surface area contributed by atoms with E-state index in [2.05, 4.69) is 20.3 Å². The molecule has 1 unspecified atom stereocenters. The minimum absolute atomic E-state index is 0.105. The lowest BCUT2D eigenvalue weighted by Gasteiger charge is -2.19. The van der Waals surface area contributed by atoms with Crippen molar-refractivity contribution in [3.63, 3.8) is 0 Å². The Bertz CT molecular complexity index is 1130. The minimum Gasteiger partial charge on any atom is -0.320 e. The number of carbonyl (C=O) groups is 1. The van der Waals surface area contributed by atoms with Gasteiger partial charge < -0.3 is 5.32 Å². The Hall–Kier alpha value is -3.29. The van der Waals surface area contributed by atoms with E-state index in [1.54, 1.807) is 24.3 Å². The van der Waals surface area contributed by atoms with Gasteiger partial charge in [-0.25, -0.2) is 23.1 Å². The van der Waals surface area contributed by atoms with E-state index >= 15 is 0 Å². The van der Waals surface area contributed by atoms with Gasteiger partial charge in [-0.1, -0.05) is 32.0 Å². The molecule has 1 aliphatic rings. The largest absolute Gasteiger partial charge is 0.320 e. The number of halogens is 3. The van der Waals surface area contributed by atoms with Crippen molar-refractivity contribution in [2.75, 3.05) is 5.32 Å². The monoisotopic (exact) mass is 440 g/mol. The van der Waals surface area contributed by atoms with E-state index in [0.29, 0.717) is 17.1 Å². The first-order valence-corrected chi connectivity index (χ1v) is 10.5. The third-order valence-corrected chi connectivity index (χ3v) is 5.62. The van der Waals surface area contributed by atoms with Gasteiger partial charge in [-0.2, -0.15) is 0 Å². The Balaban J connectivity index is 1.76. The quantitative estimate of drug-likeness (QED) is 0.532. The first-order valence-electron chi connectivity index (χ1n) is 10.5. The van der Waals surface area contributed by atoms with Crippen molar-refractivity contribution in [3.8, 4) is 11.1 Å². The van der Waals surface area contributed by atoms with Crippen LogP contribution in [0.3, 0.4) is 0 Å². The number of rotatable bonds is 5. The van der Waals surface area contributed by atoms with Crippen LogP contribution in [0.2, 0.25) is 0 Å². The summed E-state index contributed by atoms with van der Waals surface area (Å²) in [5.41, 5.74) is 1.41. The molecule has 5 nitrogen and oxygen atoms in total. The lowest BCUT2D eigenvalue weighted by atomic mass is 9.95. The summed E-state index contributed by atoms with van der Waals surface area (Å²) >= 11 is 0. The number of hydrogen-bond donors (Lipinski definition) is 1. The smallest absolute Gasteiger partial charge is 0.258 e. The van der Waals surface area contributed by atoms with Crippen LogP contribution in [-0.4, -0.2) is 26.8 Å². The topological polar surface area (TPSA) is 67.8 Å². The number of benzene rings is 1. The molecule has 0 aliphatic heterocycles. The number of carbonyl (C=O) groups excluding carboxylic acids is 1. The molecule has 1 saturated carbocycles. The van der Waals surface area contributed by atoms with Crippen LogP contribution in [0.25, 0.3) is 11.1 Å². The maximum Gasteiger partial charge on any atom is 0.258 e. The molecule has 1 amide bonds. The van der Waals surface area contributed by atoms with Crippen molar-refractivity contribution in [1.82, 2.24) is 15.0 Å². The molecule has 166 valence electrons. The molecule has 2 heterocycles. The van der Waals surface area contributed by atoms with E-state index in [9.17, 15) is 18.0 Å². The van der Waals surface area contributed by atoms with Gasteiger partial charge in [0.15, 0.2) is 0 Å². The molecule has 4 rings (SSSR count). The fourth-order valence-corrected chi connectivity index (χ4v) is 3.95. The highest BCUT2D eigenvalue weighted by Gasteiger charge is 2.41. The van der Waals surface area contributed by atoms with Crippen LogP contribution in [0.15, 0.2) is 48.9 Å². The molecule has 2 aromatic heterocycles. The van der Waals surface area contributed by atoms with Gasteiger partial charge in [-0.3, -0.25) is 9.78 Å². The molecule has 32 heavy (non-hydrogen) atoms. The molecule has 1 atom stereocenters. The van der Waals surface area contributed by atoms with Crippen LogP contribution in [-0.2, 0) is 0 Å². The standard InChI is InChI=1S/C24H23F3N4O/c1-14(2)22-29-12-16(13-30-22)23(32)31-21-18(17-5-3-4-6-19(17)25)8-10-28-20(21)15-7-9-24(26,27)11-15/h3-6,8,10,12-15H,7,9,11H2,1-2H3,(H,31,32). The van der Waals surface area contributed by atoms with Gasteiger partial charge in [0.25, 0.3) is 5.91 Å². The van der Waals surface area contributed by atoms with E-state index in [0.717, 1.165) is 0 Å². The first-order chi connectivity index (χ1) is 15.2. The molecular formula is C24H23F3N4O. The fourth-order valence-electron chi connectivity index (χ4n) is 3.95. The molecule has 0 saturated heterocycles. The van der Waals surface area contributed by atoms with Gasteiger partial charge in [0.05, 0.1) is 16.9 Å². The van der Waals surface area contributed by atoms with E-state index in [4.69, 9.17) is 0 Å². The average molecular weight is 440 g/mol. The SMILES string of the molecule is CC(C)c1ncc(C(=O)Nc2c(-c3ccccc3F)ccnc2C2CCC(F)(F)C2)cn1. The van der Waals surface area contributed by atoms with Crippen LogP contribution in [0.4, 0.5) is 18.9 Å². The minimum atomic E-state index is -2.79. The number of alkyl halides is 2. The molecular weight excluding hydrogens is 417 g/mol. The second kappa shape index (κ2) is 8.68. The zero-order valence-corrected chi connectivity index (χ0v) is 17.8. The summed E-state index contributed by atoms with van der Waals surface area (Å²) in [6.45, 7) is 3.88. The predicted octanol–water partition coefficient (Wildman–Crippen LogP) is 5.96. The van der Waals surface area contributed by atoms with Gasteiger partial charge in [0, 0.05) is 54.4 Å². The van der Waals surface area contributed by atoms with Crippen molar-refractivity contribution < 1.29 is 18.0 Å². The van der Waals surface area contributed by atoms with E-state index < -0.39 is 23.6 Å². The molecule has 8 heteroatoms. The van der Waals surface area contributed by atoms with E-state index in [1.165, 1.54) is 24.7 Å². The normalized spacial score (nSPS) is 17.5. The maximum absolute atomic E-state index is 14.6. The van der Waals surface area contributed by atoms with Gasteiger partial charge in [0.1, 0.15) is 11.6 Å². The molecule has 0 spiro atoms. The molecule has 1 N–H and O–H groups in total. The summed E-state index contributed by atoms with van der Waals surface area (Å²) in [5.74, 6) is -3.63. The number of pyridine rings is 1. The van der Waals surface area contributed by atoms with Gasteiger partial charge in [-0.15, -0.1) is 0 Å². The lowest BCUT2D eigenvalue weighted by molar-refractivity contribution is 0.00768. The summed E-state index contributed by atoms with van der Waals surface area (Å²) < 4.78 is 42.5. The zero-order chi connectivity index (χ0) is 22.9. The van der Waals surface area contributed by atoms with E-state index in [-0.39, 0.29) is 42.0 Å². The molecule has 0 radical (unpaired) electrons. The van der Waals surface area contributed by atoms with Crippen LogP contribution < -0.4 is 5.32 Å². The van der Waals surface area contributed by atoms with Crippen LogP contribution >= 0.6 is 0 Å². The van der Waals surface area contributed by atoms with Gasteiger partial charge in [0.2, 0.25) is 5.92 Å². The molecule has 0 bridgehead atoms. The lowest BCUT2D eigenvalue weighted by Crippen LogP contribution is -2.17.